The van der Waals surface area contributed by atoms with E-state index in [1.165, 1.54) is 61.3 Å². The standard InChI is InChI=1S/C20H29N/c1-2-3-4-5-6-7-8-13-20(21)19-15-14-17-11-9-10-12-18(17)16-19/h9-12,14-16,20H,2-8,13,21H2,1H3. The summed E-state index contributed by atoms with van der Waals surface area (Å²) in [5.41, 5.74) is 7.63. The molecule has 0 saturated heterocycles. The van der Waals surface area contributed by atoms with Gasteiger partial charge >= 0.3 is 0 Å². The Morgan fingerprint density at radius 1 is 0.810 bits per heavy atom. The van der Waals surface area contributed by atoms with Gasteiger partial charge in [0.05, 0.1) is 0 Å². The first-order chi connectivity index (χ1) is 10.3. The Kier molecular flexibility index (Phi) is 6.75. The molecule has 0 aliphatic heterocycles. The number of hydrogen-bond donors (Lipinski definition) is 1. The highest BCUT2D eigenvalue weighted by atomic mass is 14.6. The summed E-state index contributed by atoms with van der Waals surface area (Å²) in [5, 5.41) is 2.59. The van der Waals surface area contributed by atoms with Gasteiger partial charge in [0.25, 0.3) is 0 Å². The molecule has 0 spiro atoms. The molecule has 0 radical (unpaired) electrons. The van der Waals surface area contributed by atoms with Crippen LogP contribution in [0.2, 0.25) is 0 Å². The smallest absolute Gasteiger partial charge is 0.0295 e. The average Bonchev–Trinajstić information content (AvgIpc) is 2.53. The third kappa shape index (κ3) is 5.17. The molecule has 1 heteroatoms. The van der Waals surface area contributed by atoms with E-state index in [0.29, 0.717) is 0 Å². The van der Waals surface area contributed by atoms with Crippen molar-refractivity contribution in [2.75, 3.05) is 0 Å². The number of nitrogens with two attached hydrogens (primary N) is 1. The van der Waals surface area contributed by atoms with E-state index in [1.54, 1.807) is 0 Å². The molecule has 0 aromatic heterocycles. The highest BCUT2D eigenvalue weighted by molar-refractivity contribution is 5.83. The number of benzene rings is 2. The summed E-state index contributed by atoms with van der Waals surface area (Å²) in [6.45, 7) is 2.27. The zero-order chi connectivity index (χ0) is 14.9. The molecule has 2 aromatic rings. The minimum absolute atomic E-state index is 0.185. The van der Waals surface area contributed by atoms with Crippen LogP contribution < -0.4 is 5.73 Å². The van der Waals surface area contributed by atoms with Crippen LogP contribution in [-0.4, -0.2) is 0 Å². The molecule has 21 heavy (non-hydrogen) atoms. The van der Waals surface area contributed by atoms with E-state index >= 15 is 0 Å². The molecule has 0 heterocycles. The summed E-state index contributed by atoms with van der Waals surface area (Å²) >= 11 is 0. The Balaban J connectivity index is 1.75. The highest BCUT2D eigenvalue weighted by Gasteiger charge is 2.06. The maximum atomic E-state index is 6.35. The largest absolute Gasteiger partial charge is 0.324 e. The van der Waals surface area contributed by atoms with Gasteiger partial charge in [-0.2, -0.15) is 0 Å². The Hall–Kier alpha value is -1.34. The van der Waals surface area contributed by atoms with Crippen molar-refractivity contribution < 1.29 is 0 Å². The van der Waals surface area contributed by atoms with Crippen molar-refractivity contribution in [1.29, 1.82) is 0 Å². The maximum Gasteiger partial charge on any atom is 0.0295 e. The molecule has 0 aliphatic rings. The van der Waals surface area contributed by atoms with Crippen molar-refractivity contribution in [3.8, 4) is 0 Å². The van der Waals surface area contributed by atoms with Crippen LogP contribution in [0.3, 0.4) is 0 Å². The van der Waals surface area contributed by atoms with E-state index in [9.17, 15) is 0 Å². The minimum atomic E-state index is 0.185. The normalized spacial score (nSPS) is 12.7. The average molecular weight is 283 g/mol. The summed E-state index contributed by atoms with van der Waals surface area (Å²) in [6.07, 6.45) is 10.5. The first kappa shape index (κ1) is 16.0. The quantitative estimate of drug-likeness (QED) is 0.563. The molecule has 0 amide bonds. The second-order valence-corrected chi connectivity index (χ2v) is 6.12. The molecule has 2 aromatic carbocycles. The summed E-state index contributed by atoms with van der Waals surface area (Å²) in [7, 11) is 0. The highest BCUT2D eigenvalue weighted by Crippen LogP contribution is 2.22. The van der Waals surface area contributed by atoms with Crippen molar-refractivity contribution in [2.45, 2.75) is 64.3 Å². The van der Waals surface area contributed by atoms with Crippen LogP contribution >= 0.6 is 0 Å². The summed E-state index contributed by atoms with van der Waals surface area (Å²) in [6, 6.07) is 15.3. The maximum absolute atomic E-state index is 6.35. The Morgan fingerprint density at radius 3 is 2.24 bits per heavy atom. The van der Waals surface area contributed by atoms with E-state index in [2.05, 4.69) is 49.4 Å². The molecule has 0 aliphatic carbocycles. The molecule has 1 atom stereocenters. The van der Waals surface area contributed by atoms with Crippen molar-refractivity contribution in [2.24, 2.45) is 5.73 Å². The summed E-state index contributed by atoms with van der Waals surface area (Å²) < 4.78 is 0. The van der Waals surface area contributed by atoms with Gasteiger partial charge in [-0.15, -0.1) is 0 Å². The van der Waals surface area contributed by atoms with Crippen LogP contribution in [0.15, 0.2) is 42.5 Å². The topological polar surface area (TPSA) is 26.0 Å². The second kappa shape index (κ2) is 8.84. The predicted molar refractivity (Wildman–Crippen MR) is 93.5 cm³/mol. The van der Waals surface area contributed by atoms with Gasteiger partial charge in [0, 0.05) is 6.04 Å². The van der Waals surface area contributed by atoms with Crippen LogP contribution in [0.1, 0.15) is 69.9 Å². The summed E-state index contributed by atoms with van der Waals surface area (Å²) in [5.74, 6) is 0. The van der Waals surface area contributed by atoms with E-state index in [-0.39, 0.29) is 6.04 Å². The summed E-state index contributed by atoms with van der Waals surface area (Å²) in [4.78, 5) is 0. The minimum Gasteiger partial charge on any atom is -0.324 e. The van der Waals surface area contributed by atoms with Gasteiger partial charge in [0.1, 0.15) is 0 Å². The van der Waals surface area contributed by atoms with Crippen LogP contribution in [0.4, 0.5) is 0 Å². The molecule has 0 fully saturated rings. The second-order valence-electron chi connectivity index (χ2n) is 6.12. The fourth-order valence-corrected chi connectivity index (χ4v) is 2.93. The van der Waals surface area contributed by atoms with Crippen LogP contribution in [0, 0.1) is 0 Å². The van der Waals surface area contributed by atoms with Gasteiger partial charge in [-0.1, -0.05) is 88.3 Å². The van der Waals surface area contributed by atoms with E-state index in [0.717, 1.165) is 6.42 Å². The molecule has 2 rings (SSSR count). The van der Waals surface area contributed by atoms with Crippen LogP contribution in [0.5, 0.6) is 0 Å². The fraction of sp³-hybridized carbons (Fsp3) is 0.500. The first-order valence-corrected chi connectivity index (χ1v) is 8.55. The monoisotopic (exact) mass is 283 g/mol. The van der Waals surface area contributed by atoms with Crippen molar-refractivity contribution in [1.82, 2.24) is 0 Å². The van der Waals surface area contributed by atoms with Gasteiger partial charge in [0.15, 0.2) is 0 Å². The van der Waals surface area contributed by atoms with Gasteiger partial charge in [-0.3, -0.25) is 0 Å². The lowest BCUT2D eigenvalue weighted by atomic mass is 9.98. The van der Waals surface area contributed by atoms with E-state index in [1.807, 2.05) is 0 Å². The lowest BCUT2D eigenvalue weighted by molar-refractivity contribution is 0.541. The fourth-order valence-electron chi connectivity index (χ4n) is 2.93. The zero-order valence-electron chi connectivity index (χ0n) is 13.4. The van der Waals surface area contributed by atoms with Gasteiger partial charge < -0.3 is 5.73 Å². The van der Waals surface area contributed by atoms with Crippen LogP contribution in [-0.2, 0) is 0 Å². The zero-order valence-corrected chi connectivity index (χ0v) is 13.4. The van der Waals surface area contributed by atoms with E-state index < -0.39 is 0 Å². The Morgan fingerprint density at radius 2 is 1.48 bits per heavy atom. The Bertz CT molecular complexity index is 532. The number of rotatable bonds is 9. The molecular formula is C20H29N. The Labute approximate surface area is 129 Å². The third-order valence-electron chi connectivity index (χ3n) is 4.32. The number of fused-ring (bicyclic) bond motifs is 1. The van der Waals surface area contributed by atoms with Crippen molar-refractivity contribution in [3.05, 3.63) is 48.0 Å². The van der Waals surface area contributed by atoms with Crippen LogP contribution in [0.25, 0.3) is 10.8 Å². The van der Waals surface area contributed by atoms with Crippen molar-refractivity contribution >= 4 is 10.8 Å². The molecule has 1 unspecified atom stereocenters. The first-order valence-electron chi connectivity index (χ1n) is 8.55. The molecule has 1 nitrogen and oxygen atoms in total. The van der Waals surface area contributed by atoms with Gasteiger partial charge in [0.2, 0.25) is 0 Å². The number of unbranched alkanes of at least 4 members (excludes halogenated alkanes) is 6. The predicted octanol–water partition coefficient (Wildman–Crippen LogP) is 5.98. The molecule has 0 bridgehead atoms. The third-order valence-corrected chi connectivity index (χ3v) is 4.32. The molecule has 114 valence electrons. The molecule has 0 saturated carbocycles. The van der Waals surface area contributed by atoms with E-state index in [4.69, 9.17) is 5.73 Å². The lowest BCUT2D eigenvalue weighted by Gasteiger charge is -2.13. The van der Waals surface area contributed by atoms with Gasteiger partial charge in [-0.05, 0) is 28.8 Å². The lowest BCUT2D eigenvalue weighted by Crippen LogP contribution is -2.09. The molecule has 2 N–H and O–H groups in total. The number of hydrogen-bond acceptors (Lipinski definition) is 1. The molecular weight excluding hydrogens is 254 g/mol. The van der Waals surface area contributed by atoms with Crippen molar-refractivity contribution in [3.63, 3.8) is 0 Å². The van der Waals surface area contributed by atoms with Gasteiger partial charge in [-0.25, -0.2) is 0 Å². The SMILES string of the molecule is CCCCCCCCCC(N)c1ccc2ccccc2c1.